The first-order chi connectivity index (χ1) is 12.3. The number of anilines is 2. The monoisotopic (exact) mass is 354 g/mol. The second-order valence-electron chi connectivity index (χ2n) is 6.24. The van der Waals surface area contributed by atoms with Crippen LogP contribution in [-0.4, -0.2) is 34.2 Å². The molecule has 3 heterocycles. The van der Waals surface area contributed by atoms with Crippen LogP contribution in [-0.2, 0) is 18.3 Å². The van der Waals surface area contributed by atoms with Gasteiger partial charge in [0, 0.05) is 43.1 Å². The summed E-state index contributed by atoms with van der Waals surface area (Å²) in [6.07, 6.45) is 2.09. The fraction of sp³-hybridized carbons (Fsp3) is 0.316. The molecule has 1 saturated heterocycles. The van der Waals surface area contributed by atoms with Crippen LogP contribution in [0.2, 0.25) is 0 Å². The van der Waals surface area contributed by atoms with Crippen LogP contribution >= 0.6 is 11.3 Å². The summed E-state index contributed by atoms with van der Waals surface area (Å²) >= 11 is 1.65. The molecule has 1 aliphatic rings. The van der Waals surface area contributed by atoms with Gasteiger partial charge < -0.3 is 14.6 Å². The number of para-hydroxylation sites is 1. The fourth-order valence-corrected chi connectivity index (χ4v) is 3.93. The molecule has 1 aromatic carbocycles. The van der Waals surface area contributed by atoms with Crippen LogP contribution in [0.15, 0.2) is 54.0 Å². The quantitative estimate of drug-likeness (QED) is 0.757. The van der Waals surface area contributed by atoms with Crippen molar-refractivity contribution >= 4 is 22.2 Å². The first kappa shape index (κ1) is 16.3. The van der Waals surface area contributed by atoms with E-state index < -0.39 is 0 Å². The van der Waals surface area contributed by atoms with E-state index in [4.69, 9.17) is 9.72 Å². The third-order valence-corrected chi connectivity index (χ3v) is 5.31. The minimum atomic E-state index is 0.279. The molecule has 0 aliphatic carbocycles. The third-order valence-electron chi connectivity index (χ3n) is 4.51. The van der Waals surface area contributed by atoms with E-state index in [0.29, 0.717) is 0 Å². The van der Waals surface area contributed by atoms with Crippen LogP contribution in [0.3, 0.4) is 0 Å². The van der Waals surface area contributed by atoms with Gasteiger partial charge in [0.15, 0.2) is 5.13 Å². The van der Waals surface area contributed by atoms with Crippen LogP contribution in [0, 0.1) is 0 Å². The van der Waals surface area contributed by atoms with E-state index in [1.165, 1.54) is 5.69 Å². The molecule has 1 aliphatic heterocycles. The van der Waals surface area contributed by atoms with Crippen molar-refractivity contribution in [3.63, 3.8) is 0 Å². The smallest absolute Gasteiger partial charge is 0.187 e. The highest BCUT2D eigenvalue weighted by atomic mass is 32.1. The van der Waals surface area contributed by atoms with E-state index in [1.807, 2.05) is 18.2 Å². The lowest BCUT2D eigenvalue weighted by Gasteiger charge is -2.35. The minimum Gasteiger partial charge on any atom is -0.378 e. The van der Waals surface area contributed by atoms with Gasteiger partial charge >= 0.3 is 0 Å². The van der Waals surface area contributed by atoms with Crippen LogP contribution in [0.5, 0.6) is 0 Å². The zero-order chi connectivity index (χ0) is 17.1. The normalized spacial score (nSPS) is 18.4. The Morgan fingerprint density at radius 1 is 1.24 bits per heavy atom. The van der Waals surface area contributed by atoms with Crippen LogP contribution < -0.4 is 5.32 Å². The predicted molar refractivity (Wildman–Crippen MR) is 101 cm³/mol. The molecule has 4 rings (SSSR count). The number of nitrogens with zero attached hydrogens (tertiary/aromatic N) is 3. The number of nitrogens with one attached hydrogen (secondary N) is 1. The summed E-state index contributed by atoms with van der Waals surface area (Å²) in [6.45, 7) is 3.28. The molecule has 1 fully saturated rings. The Balaban J connectivity index is 1.46. The molecule has 0 radical (unpaired) electrons. The van der Waals surface area contributed by atoms with E-state index in [-0.39, 0.29) is 6.04 Å². The number of rotatable bonds is 5. The molecular formula is C19H22N4OS. The first-order valence-corrected chi connectivity index (χ1v) is 9.37. The molecule has 25 heavy (non-hydrogen) atoms. The number of aromatic nitrogens is 2. The fourth-order valence-electron chi connectivity index (χ4n) is 3.21. The first-order valence-electron chi connectivity index (χ1n) is 8.49. The minimum absolute atomic E-state index is 0.279. The lowest BCUT2D eigenvalue weighted by molar-refractivity contribution is -0.0156. The Labute approximate surface area is 151 Å². The van der Waals surface area contributed by atoms with Gasteiger partial charge in [0.1, 0.15) is 0 Å². The molecule has 5 nitrogen and oxygen atoms in total. The molecule has 0 bridgehead atoms. The molecule has 3 aromatic rings. The molecule has 0 unspecified atom stereocenters. The topological polar surface area (TPSA) is 42.3 Å². The summed E-state index contributed by atoms with van der Waals surface area (Å²) < 4.78 is 7.90. The third kappa shape index (κ3) is 3.76. The molecule has 1 atom stereocenters. The predicted octanol–water partition coefficient (Wildman–Crippen LogP) is 3.80. The maximum absolute atomic E-state index is 5.73. The Morgan fingerprint density at radius 3 is 2.92 bits per heavy atom. The number of ether oxygens (including phenoxy) is 1. The highest BCUT2D eigenvalue weighted by Gasteiger charge is 2.26. The van der Waals surface area contributed by atoms with Crippen molar-refractivity contribution in [3.8, 4) is 0 Å². The van der Waals surface area contributed by atoms with Gasteiger partial charge in [-0.3, -0.25) is 4.90 Å². The molecule has 6 heteroatoms. The van der Waals surface area contributed by atoms with E-state index in [0.717, 1.165) is 42.8 Å². The largest absolute Gasteiger partial charge is 0.378 e. The second-order valence-corrected chi connectivity index (χ2v) is 7.10. The van der Waals surface area contributed by atoms with Crippen molar-refractivity contribution < 1.29 is 4.74 Å². The van der Waals surface area contributed by atoms with Gasteiger partial charge in [0.05, 0.1) is 24.9 Å². The second kappa shape index (κ2) is 7.39. The van der Waals surface area contributed by atoms with Gasteiger partial charge in [-0.15, -0.1) is 11.3 Å². The summed E-state index contributed by atoms with van der Waals surface area (Å²) in [5.74, 6) is 0. The molecule has 0 amide bonds. The van der Waals surface area contributed by atoms with Gasteiger partial charge in [-0.05, 0) is 24.3 Å². The number of hydrogen-bond donors (Lipinski definition) is 1. The highest BCUT2D eigenvalue weighted by Crippen LogP contribution is 2.27. The van der Waals surface area contributed by atoms with Crippen molar-refractivity contribution in [2.75, 3.05) is 25.1 Å². The van der Waals surface area contributed by atoms with Gasteiger partial charge in [0.2, 0.25) is 0 Å². The van der Waals surface area contributed by atoms with Gasteiger partial charge in [-0.25, -0.2) is 4.98 Å². The van der Waals surface area contributed by atoms with Crippen molar-refractivity contribution in [1.82, 2.24) is 14.5 Å². The summed E-state index contributed by atoms with van der Waals surface area (Å²) in [7, 11) is 2.09. The number of morpholine rings is 1. The Morgan fingerprint density at radius 2 is 2.12 bits per heavy atom. The van der Waals surface area contributed by atoms with Crippen molar-refractivity contribution in [1.29, 1.82) is 0 Å². The van der Waals surface area contributed by atoms with Crippen molar-refractivity contribution in [2.24, 2.45) is 7.05 Å². The van der Waals surface area contributed by atoms with Crippen LogP contribution in [0.1, 0.15) is 17.4 Å². The van der Waals surface area contributed by atoms with Gasteiger partial charge in [-0.2, -0.15) is 0 Å². The Hall–Kier alpha value is -2.15. The average Bonchev–Trinajstić information content (AvgIpc) is 3.25. The van der Waals surface area contributed by atoms with E-state index in [9.17, 15) is 0 Å². The van der Waals surface area contributed by atoms with Crippen molar-refractivity contribution in [2.45, 2.75) is 12.6 Å². The molecule has 0 saturated carbocycles. The molecule has 130 valence electrons. The van der Waals surface area contributed by atoms with Crippen LogP contribution in [0.4, 0.5) is 10.8 Å². The molecule has 2 aromatic heterocycles. The van der Waals surface area contributed by atoms with Crippen LogP contribution in [0.25, 0.3) is 0 Å². The summed E-state index contributed by atoms with van der Waals surface area (Å²) in [4.78, 5) is 7.21. The zero-order valence-corrected chi connectivity index (χ0v) is 15.1. The molecule has 0 spiro atoms. The maximum atomic E-state index is 5.73. The number of hydrogen-bond acceptors (Lipinski definition) is 5. The number of thiazole rings is 1. The SMILES string of the molecule is Cn1cccc1[C@@H]1COCCN1Cc1csc(Nc2ccccc2)n1. The van der Waals surface area contributed by atoms with E-state index in [2.05, 4.69) is 57.7 Å². The summed E-state index contributed by atoms with van der Waals surface area (Å²) in [6, 6.07) is 14.7. The van der Waals surface area contributed by atoms with Gasteiger partial charge in [0.25, 0.3) is 0 Å². The maximum Gasteiger partial charge on any atom is 0.187 e. The van der Waals surface area contributed by atoms with E-state index >= 15 is 0 Å². The Bertz CT molecular complexity index is 814. The Kier molecular flexibility index (Phi) is 4.83. The van der Waals surface area contributed by atoms with Gasteiger partial charge in [-0.1, -0.05) is 18.2 Å². The number of benzene rings is 1. The number of aryl methyl sites for hydroxylation is 1. The average molecular weight is 354 g/mol. The molecular weight excluding hydrogens is 332 g/mol. The standard InChI is InChI=1S/C19H22N4OS/c1-22-9-5-8-17(22)18-13-24-11-10-23(18)12-16-14-25-19(21-16)20-15-6-3-2-4-7-15/h2-9,14,18H,10-13H2,1H3,(H,20,21)/t18-/m0/s1. The lowest BCUT2D eigenvalue weighted by atomic mass is 10.1. The van der Waals surface area contributed by atoms with Crippen molar-refractivity contribution in [3.05, 3.63) is 65.4 Å². The summed E-state index contributed by atoms with van der Waals surface area (Å²) in [5, 5.41) is 6.45. The molecule has 1 N–H and O–H groups in total. The summed E-state index contributed by atoms with van der Waals surface area (Å²) in [5.41, 5.74) is 3.46. The van der Waals surface area contributed by atoms with E-state index in [1.54, 1.807) is 11.3 Å². The zero-order valence-electron chi connectivity index (χ0n) is 14.3. The highest BCUT2D eigenvalue weighted by molar-refractivity contribution is 7.13. The lowest BCUT2D eigenvalue weighted by Crippen LogP contribution is -2.39.